The van der Waals surface area contributed by atoms with Gasteiger partial charge in [-0.15, -0.1) is 0 Å². The molecule has 0 saturated carbocycles. The Hall–Kier alpha value is -2.12. The van der Waals surface area contributed by atoms with Gasteiger partial charge in [-0.2, -0.15) is 18.2 Å². The van der Waals surface area contributed by atoms with Gasteiger partial charge in [0, 0.05) is 6.20 Å². The highest BCUT2D eigenvalue weighted by Crippen LogP contribution is 2.30. The average molecular weight is 230 g/mol. The smallest absolute Gasteiger partial charge is 0.397 e. The summed E-state index contributed by atoms with van der Waals surface area (Å²) in [6.45, 7) is 0. The van der Waals surface area contributed by atoms with Gasteiger partial charge in [-0.1, -0.05) is 5.16 Å². The second kappa shape index (κ2) is 3.47. The van der Waals surface area contributed by atoms with E-state index in [0.29, 0.717) is 0 Å². The van der Waals surface area contributed by atoms with Crippen LogP contribution in [0.5, 0.6) is 0 Å². The summed E-state index contributed by atoms with van der Waals surface area (Å²) in [5.74, 6) is -1.62. The summed E-state index contributed by atoms with van der Waals surface area (Å²) >= 11 is 0. The lowest BCUT2D eigenvalue weighted by Crippen LogP contribution is -2.07. The highest BCUT2D eigenvalue weighted by atomic mass is 19.4. The average Bonchev–Trinajstić information content (AvgIpc) is 2.66. The van der Waals surface area contributed by atoms with E-state index in [0.717, 1.165) is 0 Å². The first-order chi connectivity index (χ1) is 7.48. The zero-order valence-electron chi connectivity index (χ0n) is 7.69. The van der Waals surface area contributed by atoms with E-state index in [9.17, 15) is 13.2 Å². The Morgan fingerprint density at radius 1 is 1.31 bits per heavy atom. The summed E-state index contributed by atoms with van der Waals surface area (Å²) in [5.41, 5.74) is 5.89. The number of alkyl halides is 3. The van der Waals surface area contributed by atoms with Gasteiger partial charge in [-0.3, -0.25) is 4.98 Å². The molecule has 2 aromatic rings. The number of nitrogens with two attached hydrogens (primary N) is 1. The van der Waals surface area contributed by atoms with Gasteiger partial charge in [0.25, 0.3) is 11.7 Å². The number of aromatic nitrogens is 3. The Morgan fingerprint density at radius 3 is 2.62 bits per heavy atom. The van der Waals surface area contributed by atoms with Gasteiger partial charge >= 0.3 is 6.18 Å². The minimum absolute atomic E-state index is 0.167. The maximum absolute atomic E-state index is 12.2. The van der Waals surface area contributed by atoms with Crippen molar-refractivity contribution in [2.24, 2.45) is 0 Å². The molecule has 2 N–H and O–H groups in total. The Labute approximate surface area is 87.1 Å². The zero-order chi connectivity index (χ0) is 11.8. The maximum Gasteiger partial charge on any atom is 0.455 e. The third-order valence-corrected chi connectivity index (χ3v) is 1.76. The molecule has 2 heterocycles. The first kappa shape index (κ1) is 10.4. The largest absolute Gasteiger partial charge is 0.455 e. The highest BCUT2D eigenvalue weighted by molar-refractivity contribution is 5.68. The van der Waals surface area contributed by atoms with Gasteiger partial charge in [0.2, 0.25) is 0 Å². The highest BCUT2D eigenvalue weighted by Gasteiger charge is 2.37. The molecule has 8 heteroatoms. The predicted octanol–water partition coefficient (Wildman–Crippen LogP) is 1.73. The molecular formula is C8H5F3N4O. The van der Waals surface area contributed by atoms with Crippen molar-refractivity contribution in [1.29, 1.82) is 0 Å². The van der Waals surface area contributed by atoms with E-state index in [-0.39, 0.29) is 17.1 Å². The van der Waals surface area contributed by atoms with E-state index < -0.39 is 12.0 Å². The van der Waals surface area contributed by atoms with Gasteiger partial charge in [0.15, 0.2) is 0 Å². The third kappa shape index (κ3) is 1.81. The molecule has 0 saturated heterocycles. The van der Waals surface area contributed by atoms with Crippen LogP contribution in [0.3, 0.4) is 0 Å². The van der Waals surface area contributed by atoms with E-state index in [2.05, 4.69) is 19.6 Å². The molecule has 0 aliphatic heterocycles. The molecule has 0 unspecified atom stereocenters. The van der Waals surface area contributed by atoms with Crippen molar-refractivity contribution in [2.45, 2.75) is 6.18 Å². The van der Waals surface area contributed by atoms with Gasteiger partial charge < -0.3 is 10.3 Å². The van der Waals surface area contributed by atoms with Crippen LogP contribution in [0.4, 0.5) is 18.9 Å². The molecule has 0 bridgehead atoms. The molecule has 2 rings (SSSR count). The third-order valence-electron chi connectivity index (χ3n) is 1.76. The van der Waals surface area contributed by atoms with Crippen LogP contribution in [0.25, 0.3) is 11.5 Å². The molecular weight excluding hydrogens is 225 g/mol. The fraction of sp³-hybridized carbons (Fsp3) is 0.125. The van der Waals surface area contributed by atoms with Crippen LogP contribution < -0.4 is 5.73 Å². The quantitative estimate of drug-likeness (QED) is 0.807. The zero-order valence-corrected chi connectivity index (χ0v) is 7.69. The first-order valence-electron chi connectivity index (χ1n) is 4.09. The second-order valence-electron chi connectivity index (χ2n) is 2.88. The Bertz CT molecular complexity index is 508. The van der Waals surface area contributed by atoms with E-state index in [1.165, 1.54) is 18.5 Å². The molecule has 84 valence electrons. The van der Waals surface area contributed by atoms with Crippen LogP contribution in [-0.4, -0.2) is 15.1 Å². The number of pyridine rings is 1. The number of anilines is 1. The van der Waals surface area contributed by atoms with Gasteiger partial charge in [0.05, 0.1) is 17.4 Å². The number of hydrogen-bond donors (Lipinski definition) is 1. The first-order valence-corrected chi connectivity index (χ1v) is 4.09. The molecule has 0 radical (unpaired) electrons. The fourth-order valence-electron chi connectivity index (χ4n) is 1.05. The van der Waals surface area contributed by atoms with Crippen molar-refractivity contribution in [2.75, 3.05) is 5.73 Å². The monoisotopic (exact) mass is 230 g/mol. The van der Waals surface area contributed by atoms with E-state index in [1.54, 1.807) is 0 Å². The van der Waals surface area contributed by atoms with Crippen molar-refractivity contribution in [3.63, 3.8) is 0 Å². The van der Waals surface area contributed by atoms with Crippen LogP contribution in [0.1, 0.15) is 5.82 Å². The van der Waals surface area contributed by atoms with Crippen LogP contribution in [0.15, 0.2) is 23.0 Å². The Kier molecular flexibility index (Phi) is 2.26. The second-order valence-corrected chi connectivity index (χ2v) is 2.88. The minimum Gasteiger partial charge on any atom is -0.397 e. The summed E-state index contributed by atoms with van der Waals surface area (Å²) < 4.78 is 41.0. The van der Waals surface area contributed by atoms with Gasteiger partial charge in [0.1, 0.15) is 0 Å². The summed E-state index contributed by atoms with van der Waals surface area (Å²) in [6.07, 6.45) is -1.99. The number of nitrogens with zero attached hydrogens (tertiary/aromatic N) is 3. The van der Waals surface area contributed by atoms with Crippen LogP contribution in [0.2, 0.25) is 0 Å². The minimum atomic E-state index is -4.64. The normalized spacial score (nSPS) is 11.7. The number of nitrogen functional groups attached to an aromatic ring is 1. The SMILES string of the molecule is Nc1cnccc1-c1nc(C(F)(F)F)no1. The van der Waals surface area contributed by atoms with Crippen molar-refractivity contribution in [3.05, 3.63) is 24.3 Å². The standard InChI is InChI=1S/C8H5F3N4O/c9-8(10,11)7-14-6(16-15-7)4-1-2-13-3-5(4)12/h1-3H,12H2. The topological polar surface area (TPSA) is 77.8 Å². The summed E-state index contributed by atoms with van der Waals surface area (Å²) in [4.78, 5) is 6.89. The summed E-state index contributed by atoms with van der Waals surface area (Å²) in [6, 6.07) is 1.39. The lowest BCUT2D eigenvalue weighted by atomic mass is 10.2. The fourth-order valence-corrected chi connectivity index (χ4v) is 1.05. The molecule has 16 heavy (non-hydrogen) atoms. The molecule has 0 spiro atoms. The molecule has 0 atom stereocenters. The summed E-state index contributed by atoms with van der Waals surface area (Å²) in [5, 5.41) is 2.82. The molecule has 5 nitrogen and oxygen atoms in total. The van der Waals surface area contributed by atoms with Crippen molar-refractivity contribution in [3.8, 4) is 11.5 Å². The van der Waals surface area contributed by atoms with E-state index >= 15 is 0 Å². The molecule has 0 amide bonds. The Balaban J connectivity index is 2.44. The van der Waals surface area contributed by atoms with Crippen molar-refractivity contribution < 1.29 is 17.7 Å². The summed E-state index contributed by atoms with van der Waals surface area (Å²) in [7, 11) is 0. The van der Waals surface area contributed by atoms with Gasteiger partial charge in [-0.25, -0.2) is 0 Å². The maximum atomic E-state index is 12.2. The number of rotatable bonds is 1. The molecule has 0 fully saturated rings. The van der Waals surface area contributed by atoms with E-state index in [4.69, 9.17) is 5.73 Å². The lowest BCUT2D eigenvalue weighted by Gasteiger charge is -1.98. The molecule has 2 aromatic heterocycles. The lowest BCUT2D eigenvalue weighted by molar-refractivity contribution is -0.146. The molecule has 0 aromatic carbocycles. The van der Waals surface area contributed by atoms with Crippen LogP contribution in [0, 0.1) is 0 Å². The van der Waals surface area contributed by atoms with Crippen LogP contribution in [-0.2, 0) is 6.18 Å². The Morgan fingerprint density at radius 2 is 2.06 bits per heavy atom. The molecule has 0 aliphatic rings. The van der Waals surface area contributed by atoms with Gasteiger partial charge in [-0.05, 0) is 6.07 Å². The van der Waals surface area contributed by atoms with Crippen LogP contribution >= 0.6 is 0 Å². The van der Waals surface area contributed by atoms with Crippen molar-refractivity contribution >= 4 is 5.69 Å². The van der Waals surface area contributed by atoms with E-state index in [1.807, 2.05) is 0 Å². The predicted molar refractivity (Wildman–Crippen MR) is 46.9 cm³/mol. The molecule has 0 aliphatic carbocycles. The number of hydrogen-bond acceptors (Lipinski definition) is 5. The van der Waals surface area contributed by atoms with Crippen molar-refractivity contribution in [1.82, 2.24) is 15.1 Å². The number of halogens is 3.